The van der Waals surface area contributed by atoms with Crippen LogP contribution in [0.15, 0.2) is 41.6 Å². The van der Waals surface area contributed by atoms with Crippen LogP contribution >= 0.6 is 0 Å². The number of alkyl halides is 3. The molecule has 1 N–H and O–H groups in total. The third-order valence-electron chi connectivity index (χ3n) is 3.67. The van der Waals surface area contributed by atoms with E-state index in [9.17, 15) is 21.6 Å². The summed E-state index contributed by atoms with van der Waals surface area (Å²) in [7, 11) is -4.32. The molecule has 1 saturated carbocycles. The van der Waals surface area contributed by atoms with E-state index in [1.54, 1.807) is 6.07 Å². The third kappa shape index (κ3) is 3.73. The van der Waals surface area contributed by atoms with Gasteiger partial charge in [0.2, 0.25) is 10.0 Å². The monoisotopic (exact) mass is 357 g/mol. The number of nitrogens with one attached hydrogen (secondary N) is 1. The van der Waals surface area contributed by atoms with Crippen LogP contribution in [0.2, 0.25) is 0 Å². The predicted molar refractivity (Wildman–Crippen MR) is 79.5 cm³/mol. The Kier molecular flexibility index (Phi) is 4.31. The summed E-state index contributed by atoms with van der Waals surface area (Å²) in [5, 5.41) is 0. The normalized spacial score (nSPS) is 15.5. The molecule has 0 saturated heterocycles. The first-order valence-electron chi connectivity index (χ1n) is 7.24. The molecule has 0 spiro atoms. The Labute approximate surface area is 137 Å². The molecule has 1 fully saturated rings. The van der Waals surface area contributed by atoms with Crippen LogP contribution < -0.4 is 4.72 Å². The second-order valence-electron chi connectivity index (χ2n) is 5.53. The van der Waals surface area contributed by atoms with Crippen LogP contribution in [0.1, 0.15) is 35.7 Å². The Bertz CT molecular complexity index is 849. The first-order chi connectivity index (χ1) is 11.3. The lowest BCUT2D eigenvalue weighted by molar-refractivity contribution is -0.139. The molecule has 5 nitrogen and oxygen atoms in total. The van der Waals surface area contributed by atoms with E-state index in [0.717, 1.165) is 36.7 Å². The number of nitrogens with zero attached hydrogens (tertiary/aromatic N) is 2. The minimum Gasteiger partial charge on any atom is -0.241 e. The summed E-state index contributed by atoms with van der Waals surface area (Å²) in [4.78, 5) is 7.27. The number of sulfonamides is 1. The van der Waals surface area contributed by atoms with Crippen molar-refractivity contribution < 1.29 is 21.6 Å². The smallest absolute Gasteiger partial charge is 0.241 e. The molecular weight excluding hydrogens is 343 g/mol. The molecule has 1 aliphatic rings. The van der Waals surface area contributed by atoms with Gasteiger partial charge in [-0.05, 0) is 31.0 Å². The second-order valence-corrected chi connectivity index (χ2v) is 7.26. The molecule has 24 heavy (non-hydrogen) atoms. The van der Waals surface area contributed by atoms with E-state index >= 15 is 0 Å². The average Bonchev–Trinajstić information content (AvgIpc) is 3.37. The van der Waals surface area contributed by atoms with Crippen LogP contribution in [-0.2, 0) is 22.7 Å². The van der Waals surface area contributed by atoms with Crippen molar-refractivity contribution in [2.75, 3.05) is 0 Å². The second kappa shape index (κ2) is 6.14. The standard InChI is InChI=1S/C15H14F3N3O2S/c16-15(17,18)12-3-1-2-4-14(12)24(22,23)21-8-11-7-13(10-5-6-10)20-9-19-11/h1-4,7,9-10,21H,5-6,8H2. The number of rotatable bonds is 5. The fraction of sp³-hybridized carbons (Fsp3) is 0.333. The molecule has 0 amide bonds. The number of hydrogen-bond acceptors (Lipinski definition) is 4. The molecule has 3 rings (SSSR count). The maximum Gasteiger partial charge on any atom is 0.417 e. The van der Waals surface area contributed by atoms with E-state index in [1.165, 1.54) is 12.4 Å². The number of halogens is 3. The minimum absolute atomic E-state index is 0.198. The van der Waals surface area contributed by atoms with Gasteiger partial charge in [0.05, 0.1) is 22.7 Å². The van der Waals surface area contributed by atoms with Gasteiger partial charge >= 0.3 is 6.18 Å². The average molecular weight is 357 g/mol. The van der Waals surface area contributed by atoms with Crippen molar-refractivity contribution in [3.8, 4) is 0 Å². The van der Waals surface area contributed by atoms with Gasteiger partial charge in [-0.15, -0.1) is 0 Å². The molecule has 0 aliphatic heterocycles. The molecule has 0 unspecified atom stereocenters. The van der Waals surface area contributed by atoms with E-state index in [-0.39, 0.29) is 6.54 Å². The maximum atomic E-state index is 13.0. The fourth-order valence-electron chi connectivity index (χ4n) is 2.30. The molecule has 1 aromatic heterocycles. The van der Waals surface area contributed by atoms with Crippen LogP contribution in [0.3, 0.4) is 0 Å². The van der Waals surface area contributed by atoms with Gasteiger partial charge < -0.3 is 0 Å². The zero-order chi connectivity index (χ0) is 17.4. The fourth-order valence-corrected chi connectivity index (χ4v) is 3.52. The van der Waals surface area contributed by atoms with E-state index in [2.05, 4.69) is 14.7 Å². The molecule has 1 aromatic carbocycles. The molecule has 0 atom stereocenters. The molecule has 9 heteroatoms. The van der Waals surface area contributed by atoms with Crippen molar-refractivity contribution in [1.29, 1.82) is 0 Å². The predicted octanol–water partition coefficient (Wildman–Crippen LogP) is 2.85. The minimum atomic E-state index is -4.75. The Morgan fingerprint density at radius 3 is 2.54 bits per heavy atom. The highest BCUT2D eigenvalue weighted by Gasteiger charge is 2.36. The highest BCUT2D eigenvalue weighted by atomic mass is 32.2. The lowest BCUT2D eigenvalue weighted by atomic mass is 10.2. The third-order valence-corrected chi connectivity index (χ3v) is 5.13. The van der Waals surface area contributed by atoms with E-state index in [0.29, 0.717) is 11.6 Å². The van der Waals surface area contributed by atoms with Gasteiger partial charge in [0.1, 0.15) is 6.33 Å². The number of benzene rings is 1. The Morgan fingerprint density at radius 2 is 1.88 bits per heavy atom. The largest absolute Gasteiger partial charge is 0.417 e. The van der Waals surface area contributed by atoms with Crippen molar-refractivity contribution in [2.45, 2.75) is 36.4 Å². The lowest BCUT2D eigenvalue weighted by Gasteiger charge is -2.13. The summed E-state index contributed by atoms with van der Waals surface area (Å²) in [6, 6.07) is 5.74. The van der Waals surface area contributed by atoms with Crippen LogP contribution in [-0.4, -0.2) is 18.4 Å². The van der Waals surface area contributed by atoms with Crippen molar-refractivity contribution in [1.82, 2.24) is 14.7 Å². The first-order valence-corrected chi connectivity index (χ1v) is 8.72. The number of aromatic nitrogens is 2. The SMILES string of the molecule is O=S(=O)(NCc1cc(C2CC2)ncn1)c1ccccc1C(F)(F)F. The van der Waals surface area contributed by atoms with Crippen LogP contribution in [0.5, 0.6) is 0 Å². The quantitative estimate of drug-likeness (QED) is 0.893. The van der Waals surface area contributed by atoms with Crippen molar-refractivity contribution >= 4 is 10.0 Å². The van der Waals surface area contributed by atoms with Gasteiger partial charge in [-0.2, -0.15) is 13.2 Å². The summed E-state index contributed by atoms with van der Waals surface area (Å²) in [5.74, 6) is 0.370. The molecule has 0 bridgehead atoms. The van der Waals surface area contributed by atoms with Gasteiger partial charge in [-0.25, -0.2) is 23.1 Å². The molecule has 1 heterocycles. The summed E-state index contributed by atoms with van der Waals surface area (Å²) in [5.41, 5.74) is 0.0497. The highest BCUT2D eigenvalue weighted by molar-refractivity contribution is 7.89. The maximum absolute atomic E-state index is 13.0. The van der Waals surface area contributed by atoms with Gasteiger partial charge in [-0.3, -0.25) is 0 Å². The summed E-state index contributed by atoms with van der Waals surface area (Å²) < 4.78 is 65.6. The van der Waals surface area contributed by atoms with Crippen LogP contribution in [0, 0.1) is 0 Å². The van der Waals surface area contributed by atoms with Crippen molar-refractivity contribution in [3.63, 3.8) is 0 Å². The summed E-state index contributed by atoms with van der Waals surface area (Å²) >= 11 is 0. The highest BCUT2D eigenvalue weighted by Crippen LogP contribution is 2.38. The molecule has 128 valence electrons. The molecule has 1 aliphatic carbocycles. The zero-order valence-corrected chi connectivity index (χ0v) is 13.2. The molecule has 2 aromatic rings. The van der Waals surface area contributed by atoms with Crippen LogP contribution in [0.4, 0.5) is 13.2 Å². The summed E-state index contributed by atoms with van der Waals surface area (Å²) in [6.45, 7) is -0.198. The van der Waals surface area contributed by atoms with E-state index in [1.807, 2.05) is 0 Å². The van der Waals surface area contributed by atoms with Crippen molar-refractivity contribution in [2.24, 2.45) is 0 Å². The summed E-state index contributed by atoms with van der Waals surface area (Å²) in [6.07, 6.45) is -1.36. The van der Waals surface area contributed by atoms with Gasteiger partial charge in [-0.1, -0.05) is 12.1 Å². The topological polar surface area (TPSA) is 72.0 Å². The Balaban J connectivity index is 1.81. The van der Waals surface area contributed by atoms with Gasteiger partial charge in [0.15, 0.2) is 0 Å². The van der Waals surface area contributed by atoms with Crippen molar-refractivity contribution in [3.05, 3.63) is 53.6 Å². The lowest BCUT2D eigenvalue weighted by Crippen LogP contribution is -2.26. The first kappa shape index (κ1) is 16.8. The number of hydrogen-bond donors (Lipinski definition) is 1. The van der Waals surface area contributed by atoms with Gasteiger partial charge in [0, 0.05) is 11.6 Å². The van der Waals surface area contributed by atoms with E-state index in [4.69, 9.17) is 0 Å². The van der Waals surface area contributed by atoms with E-state index < -0.39 is 26.7 Å². The Hall–Kier alpha value is -2.00. The van der Waals surface area contributed by atoms with Crippen LogP contribution in [0.25, 0.3) is 0 Å². The Morgan fingerprint density at radius 1 is 1.17 bits per heavy atom. The molecule has 0 radical (unpaired) electrons. The molecular formula is C15H14F3N3O2S. The van der Waals surface area contributed by atoms with Gasteiger partial charge in [0.25, 0.3) is 0 Å². The zero-order valence-electron chi connectivity index (χ0n) is 12.4.